The molecule has 2 atom stereocenters. The van der Waals surface area contributed by atoms with Gasteiger partial charge in [-0.15, -0.1) is 12.4 Å². The molecule has 0 saturated carbocycles. The Morgan fingerprint density at radius 2 is 1.70 bits per heavy atom. The number of hydrogen-bond donors (Lipinski definition) is 5. The number of piperidine rings is 1. The molecule has 3 aromatic rings. The quantitative estimate of drug-likeness (QED) is 0.181. The highest BCUT2D eigenvalue weighted by molar-refractivity contribution is 7.89. The molecule has 1 heterocycles. The minimum Gasteiger partial charge on any atom is -0.370 e. The second-order valence-corrected chi connectivity index (χ2v) is 11.4. The number of fused-ring (bicyclic) bond motifs is 1. The van der Waals surface area contributed by atoms with Gasteiger partial charge in [-0.05, 0) is 47.2 Å². The van der Waals surface area contributed by atoms with E-state index in [-0.39, 0.29) is 42.1 Å². The van der Waals surface area contributed by atoms with Crippen molar-refractivity contribution < 1.29 is 18.0 Å². The van der Waals surface area contributed by atoms with E-state index in [0.29, 0.717) is 19.6 Å². The lowest BCUT2D eigenvalue weighted by Crippen LogP contribution is -2.50. The number of guanidine groups is 1. The Kier molecular flexibility index (Phi) is 10.9. The van der Waals surface area contributed by atoms with Crippen LogP contribution in [0.2, 0.25) is 0 Å². The number of carbonyl (C=O) groups is 2. The molecule has 12 heteroatoms. The Bertz CT molecular complexity index is 1440. The van der Waals surface area contributed by atoms with Crippen LogP contribution in [-0.4, -0.2) is 56.8 Å². The van der Waals surface area contributed by atoms with Gasteiger partial charge in [0.05, 0.1) is 11.3 Å². The van der Waals surface area contributed by atoms with Gasteiger partial charge in [0, 0.05) is 26.2 Å². The summed E-state index contributed by atoms with van der Waals surface area (Å²) in [6.07, 6.45) is 1.37. The molecular formula is C28H35ClN6O4S. The molecule has 0 aromatic heterocycles. The van der Waals surface area contributed by atoms with Crippen molar-refractivity contribution in [2.24, 2.45) is 11.7 Å². The molecule has 1 saturated heterocycles. The Hall–Kier alpha value is -3.67. The maximum absolute atomic E-state index is 13.3. The van der Waals surface area contributed by atoms with Crippen molar-refractivity contribution >= 4 is 51.0 Å². The minimum absolute atomic E-state index is 0. The van der Waals surface area contributed by atoms with Crippen LogP contribution >= 0.6 is 12.4 Å². The summed E-state index contributed by atoms with van der Waals surface area (Å²) >= 11 is 0. The van der Waals surface area contributed by atoms with Crippen LogP contribution in [0.1, 0.15) is 24.8 Å². The lowest BCUT2D eigenvalue weighted by atomic mass is 9.98. The molecule has 6 N–H and O–H groups in total. The van der Waals surface area contributed by atoms with Gasteiger partial charge in [0.15, 0.2) is 5.96 Å². The number of nitrogens with one attached hydrogen (secondary N) is 4. The van der Waals surface area contributed by atoms with Crippen LogP contribution in [-0.2, 0) is 26.2 Å². The highest BCUT2D eigenvalue weighted by Gasteiger charge is 2.29. The van der Waals surface area contributed by atoms with E-state index in [9.17, 15) is 18.0 Å². The third-order valence-electron chi connectivity index (χ3n) is 6.79. The van der Waals surface area contributed by atoms with Crippen LogP contribution in [0.25, 0.3) is 10.8 Å². The molecule has 4 rings (SSSR count). The predicted molar refractivity (Wildman–Crippen MR) is 157 cm³/mol. The van der Waals surface area contributed by atoms with Crippen molar-refractivity contribution in [1.82, 2.24) is 20.3 Å². The van der Waals surface area contributed by atoms with Crippen molar-refractivity contribution in [3.8, 4) is 0 Å². The first-order valence-corrected chi connectivity index (χ1v) is 14.4. The van der Waals surface area contributed by atoms with Gasteiger partial charge in [-0.2, -0.15) is 4.72 Å². The third kappa shape index (κ3) is 8.41. The lowest BCUT2D eigenvalue weighted by molar-refractivity contribution is -0.128. The molecule has 2 amide bonds. The summed E-state index contributed by atoms with van der Waals surface area (Å²) in [6, 6.07) is 20.0. The molecule has 10 nitrogen and oxygen atoms in total. The summed E-state index contributed by atoms with van der Waals surface area (Å²) in [5, 5.41) is 14.8. The van der Waals surface area contributed by atoms with Gasteiger partial charge in [0.1, 0.15) is 6.04 Å². The van der Waals surface area contributed by atoms with Crippen molar-refractivity contribution in [3.63, 3.8) is 0 Å². The average molecular weight is 587 g/mol. The fraction of sp³-hybridized carbons (Fsp3) is 0.321. The summed E-state index contributed by atoms with van der Waals surface area (Å²) in [5.74, 6) is -0.940. The largest absolute Gasteiger partial charge is 0.370 e. The summed E-state index contributed by atoms with van der Waals surface area (Å²) in [4.78, 5) is 27.8. The predicted octanol–water partition coefficient (Wildman–Crippen LogP) is 2.34. The number of halogens is 1. The number of carbonyl (C=O) groups excluding carboxylic acids is 2. The smallest absolute Gasteiger partial charge is 0.241 e. The van der Waals surface area contributed by atoms with Gasteiger partial charge < -0.3 is 21.3 Å². The van der Waals surface area contributed by atoms with Gasteiger partial charge in [-0.3, -0.25) is 15.0 Å². The average Bonchev–Trinajstić information content (AvgIpc) is 2.94. The van der Waals surface area contributed by atoms with E-state index in [1.807, 2.05) is 54.6 Å². The molecule has 0 spiro atoms. The molecule has 0 unspecified atom stereocenters. The molecule has 1 aliphatic heterocycles. The van der Waals surface area contributed by atoms with E-state index in [2.05, 4.69) is 15.4 Å². The summed E-state index contributed by atoms with van der Waals surface area (Å²) in [5.41, 5.74) is 6.45. The number of rotatable bonds is 10. The molecular weight excluding hydrogens is 552 g/mol. The monoisotopic (exact) mass is 586 g/mol. The number of amides is 2. The molecule has 0 bridgehead atoms. The van der Waals surface area contributed by atoms with Crippen molar-refractivity contribution in [1.29, 1.82) is 5.41 Å². The number of hydrogen-bond acceptors (Lipinski definition) is 5. The van der Waals surface area contributed by atoms with Crippen LogP contribution in [0.15, 0.2) is 77.7 Å². The van der Waals surface area contributed by atoms with Gasteiger partial charge in [0.2, 0.25) is 21.8 Å². The number of sulfonamides is 1. The standard InChI is InChI=1S/C28H34N6O4S.ClH/c29-28(30)34-14-6-9-21(19-34)18-31-26(35)16-25(27(36)32-17-20-7-2-1-3-8-20)33-39(37,38)24-13-12-22-10-4-5-11-23(22)15-24;/h1-5,7-8,10-13,15,21,25,33H,6,9,14,16-19H2,(H3,29,30)(H,31,35)(H,32,36);1H/t21-,25+;/m0./s1. The number of benzene rings is 3. The van der Waals surface area contributed by atoms with E-state index < -0.39 is 27.9 Å². The van der Waals surface area contributed by atoms with E-state index in [0.717, 1.165) is 29.2 Å². The zero-order valence-corrected chi connectivity index (χ0v) is 23.6. The normalized spacial score (nSPS) is 16.0. The van der Waals surface area contributed by atoms with Crippen LogP contribution in [0, 0.1) is 11.3 Å². The van der Waals surface area contributed by atoms with Gasteiger partial charge in [-0.1, -0.05) is 60.7 Å². The summed E-state index contributed by atoms with van der Waals surface area (Å²) in [7, 11) is -4.11. The highest BCUT2D eigenvalue weighted by atomic mass is 35.5. The first-order chi connectivity index (χ1) is 18.7. The molecule has 3 aromatic carbocycles. The number of likely N-dealkylation sites (tertiary alicyclic amines) is 1. The van der Waals surface area contributed by atoms with E-state index in [4.69, 9.17) is 11.1 Å². The van der Waals surface area contributed by atoms with Crippen molar-refractivity contribution in [2.75, 3.05) is 19.6 Å². The minimum atomic E-state index is -4.11. The Morgan fingerprint density at radius 3 is 2.42 bits per heavy atom. The van der Waals surface area contributed by atoms with Gasteiger partial charge in [0.25, 0.3) is 0 Å². The van der Waals surface area contributed by atoms with Crippen molar-refractivity contribution in [2.45, 2.75) is 36.7 Å². The molecule has 1 aliphatic rings. The SMILES string of the molecule is Cl.N=C(N)N1CCC[C@@H](CNC(=O)C[C@@H](NS(=O)(=O)c2ccc3ccccc3c2)C(=O)NCc2ccccc2)C1. The van der Waals surface area contributed by atoms with E-state index in [1.54, 1.807) is 17.0 Å². The van der Waals surface area contributed by atoms with Crippen LogP contribution in [0.5, 0.6) is 0 Å². The second kappa shape index (κ2) is 14.1. The number of nitrogens with two attached hydrogens (primary N) is 1. The van der Waals surface area contributed by atoms with Gasteiger partial charge in [-0.25, -0.2) is 8.42 Å². The van der Waals surface area contributed by atoms with E-state index in [1.165, 1.54) is 6.07 Å². The Labute approximate surface area is 240 Å². The maximum Gasteiger partial charge on any atom is 0.241 e. The van der Waals surface area contributed by atoms with Crippen LogP contribution in [0.4, 0.5) is 0 Å². The summed E-state index contributed by atoms with van der Waals surface area (Å²) < 4.78 is 29.0. The Morgan fingerprint density at radius 1 is 1.00 bits per heavy atom. The fourth-order valence-electron chi connectivity index (χ4n) is 4.65. The molecule has 0 aliphatic carbocycles. The van der Waals surface area contributed by atoms with Crippen LogP contribution < -0.4 is 21.1 Å². The molecule has 1 fully saturated rings. The van der Waals surface area contributed by atoms with Crippen LogP contribution in [0.3, 0.4) is 0 Å². The first-order valence-electron chi connectivity index (χ1n) is 12.9. The number of nitrogens with zero attached hydrogens (tertiary/aromatic N) is 1. The summed E-state index contributed by atoms with van der Waals surface area (Å²) in [6.45, 7) is 1.81. The van der Waals surface area contributed by atoms with E-state index >= 15 is 0 Å². The first kappa shape index (κ1) is 30.9. The zero-order valence-electron chi connectivity index (χ0n) is 22.0. The zero-order chi connectivity index (χ0) is 27.8. The third-order valence-corrected chi connectivity index (χ3v) is 8.26. The highest BCUT2D eigenvalue weighted by Crippen LogP contribution is 2.20. The van der Waals surface area contributed by atoms with Crippen molar-refractivity contribution in [3.05, 3.63) is 78.4 Å². The lowest BCUT2D eigenvalue weighted by Gasteiger charge is -2.33. The second-order valence-electron chi connectivity index (χ2n) is 9.73. The maximum atomic E-state index is 13.3. The molecule has 40 heavy (non-hydrogen) atoms. The van der Waals surface area contributed by atoms with Gasteiger partial charge >= 0.3 is 0 Å². The Balaban J connectivity index is 0.00000441. The molecule has 214 valence electrons. The molecule has 0 radical (unpaired) electrons. The fourth-order valence-corrected chi connectivity index (χ4v) is 5.88. The topological polar surface area (TPSA) is 157 Å².